The van der Waals surface area contributed by atoms with Crippen LogP contribution in [-0.4, -0.2) is 37.5 Å². The Hall–Kier alpha value is -1.39. The Kier molecular flexibility index (Phi) is 6.21. The maximum absolute atomic E-state index is 11.8. The Morgan fingerprint density at radius 3 is 2.43 bits per heavy atom. The van der Waals surface area contributed by atoms with Crippen molar-refractivity contribution < 1.29 is 4.79 Å². The van der Waals surface area contributed by atoms with Gasteiger partial charge < -0.3 is 10.6 Å². The molecule has 4 heteroatoms. The minimum Gasteiger partial charge on any atom is -0.352 e. The van der Waals surface area contributed by atoms with E-state index in [0.717, 1.165) is 12.1 Å². The highest BCUT2D eigenvalue weighted by Gasteiger charge is 2.12. The van der Waals surface area contributed by atoms with E-state index in [0.29, 0.717) is 13.1 Å². The molecule has 116 valence electrons. The van der Waals surface area contributed by atoms with Crippen molar-refractivity contribution in [3.05, 3.63) is 35.4 Å². The molecular formula is C17H27N3O. The highest BCUT2D eigenvalue weighted by Crippen LogP contribution is 2.13. The summed E-state index contributed by atoms with van der Waals surface area (Å²) in [6.45, 7) is 6.75. The molecule has 1 amide bonds. The van der Waals surface area contributed by atoms with Gasteiger partial charge in [-0.3, -0.25) is 9.69 Å². The molecule has 1 fully saturated rings. The van der Waals surface area contributed by atoms with Gasteiger partial charge in [0.25, 0.3) is 0 Å². The Morgan fingerprint density at radius 2 is 1.81 bits per heavy atom. The maximum atomic E-state index is 11.8. The van der Waals surface area contributed by atoms with Gasteiger partial charge in [0.2, 0.25) is 5.91 Å². The molecule has 0 spiro atoms. The number of likely N-dealkylation sites (tertiary alicyclic amines) is 1. The van der Waals surface area contributed by atoms with Crippen LogP contribution < -0.4 is 10.6 Å². The summed E-state index contributed by atoms with van der Waals surface area (Å²) in [6.07, 6.45) is 2.66. The Bertz CT molecular complexity index is 438. The molecule has 0 aromatic heterocycles. The number of carbonyl (C=O) groups excluding carboxylic acids is 1. The van der Waals surface area contributed by atoms with Crippen molar-refractivity contribution in [1.29, 1.82) is 0 Å². The fourth-order valence-electron chi connectivity index (χ4n) is 2.72. The Balaban J connectivity index is 1.77. The molecular weight excluding hydrogens is 262 g/mol. The summed E-state index contributed by atoms with van der Waals surface area (Å²) < 4.78 is 0. The van der Waals surface area contributed by atoms with Gasteiger partial charge in [-0.25, -0.2) is 0 Å². The number of amides is 1. The Labute approximate surface area is 127 Å². The van der Waals surface area contributed by atoms with Crippen LogP contribution in [0.1, 0.15) is 30.9 Å². The third-order valence-corrected chi connectivity index (χ3v) is 4.05. The fourth-order valence-corrected chi connectivity index (χ4v) is 2.72. The minimum atomic E-state index is 0.00411. The molecule has 1 heterocycles. The lowest BCUT2D eigenvalue weighted by Gasteiger charge is -2.15. The van der Waals surface area contributed by atoms with E-state index in [1.807, 2.05) is 14.0 Å². The molecule has 1 atom stereocenters. The third-order valence-electron chi connectivity index (χ3n) is 4.05. The predicted molar refractivity (Wildman–Crippen MR) is 85.9 cm³/mol. The number of hydrogen-bond acceptors (Lipinski definition) is 3. The van der Waals surface area contributed by atoms with Crippen LogP contribution in [0.15, 0.2) is 24.3 Å². The van der Waals surface area contributed by atoms with Gasteiger partial charge in [-0.15, -0.1) is 0 Å². The molecule has 0 saturated carbocycles. The second-order valence-electron chi connectivity index (χ2n) is 5.98. The van der Waals surface area contributed by atoms with Crippen molar-refractivity contribution in [3.8, 4) is 0 Å². The standard InChI is InChI=1S/C17H27N3O/c1-14(11-18-2)17(21)19-12-15-5-7-16(8-6-15)13-20-9-3-4-10-20/h5-8,14,18H,3-4,9-13H2,1-2H3,(H,19,21). The molecule has 4 nitrogen and oxygen atoms in total. The predicted octanol–water partition coefficient (Wildman–Crippen LogP) is 1.75. The van der Waals surface area contributed by atoms with E-state index < -0.39 is 0 Å². The third kappa shape index (κ3) is 5.14. The first kappa shape index (κ1) is 16.0. The summed E-state index contributed by atoms with van der Waals surface area (Å²) in [5.74, 6) is 0.106. The number of carbonyl (C=O) groups is 1. The van der Waals surface area contributed by atoms with E-state index in [9.17, 15) is 4.79 Å². The quantitative estimate of drug-likeness (QED) is 0.804. The van der Waals surface area contributed by atoms with Crippen LogP contribution >= 0.6 is 0 Å². The second-order valence-corrected chi connectivity index (χ2v) is 5.98. The molecule has 1 aliphatic heterocycles. The van der Waals surface area contributed by atoms with Crippen LogP contribution in [0.2, 0.25) is 0 Å². The van der Waals surface area contributed by atoms with Crippen molar-refractivity contribution >= 4 is 5.91 Å². The first-order valence-corrected chi connectivity index (χ1v) is 7.91. The van der Waals surface area contributed by atoms with Gasteiger partial charge in [-0.05, 0) is 44.1 Å². The van der Waals surface area contributed by atoms with Gasteiger partial charge in [0.1, 0.15) is 0 Å². The zero-order valence-corrected chi connectivity index (χ0v) is 13.2. The van der Waals surface area contributed by atoms with Crippen molar-refractivity contribution in [2.45, 2.75) is 32.9 Å². The molecule has 1 aliphatic rings. The van der Waals surface area contributed by atoms with Gasteiger partial charge in [0.15, 0.2) is 0 Å². The average Bonchev–Trinajstić information content (AvgIpc) is 2.99. The molecule has 21 heavy (non-hydrogen) atoms. The number of hydrogen-bond donors (Lipinski definition) is 2. The highest BCUT2D eigenvalue weighted by molar-refractivity contribution is 5.78. The van der Waals surface area contributed by atoms with Crippen LogP contribution in [0.5, 0.6) is 0 Å². The van der Waals surface area contributed by atoms with Gasteiger partial charge in [0.05, 0.1) is 0 Å². The molecule has 2 rings (SSSR count). The van der Waals surface area contributed by atoms with E-state index in [2.05, 4.69) is 39.8 Å². The average molecular weight is 289 g/mol. The molecule has 1 aromatic rings. The van der Waals surface area contributed by atoms with Gasteiger partial charge in [-0.1, -0.05) is 31.2 Å². The summed E-state index contributed by atoms with van der Waals surface area (Å²) in [4.78, 5) is 14.3. The lowest BCUT2D eigenvalue weighted by Crippen LogP contribution is -2.33. The SMILES string of the molecule is CNCC(C)C(=O)NCc1ccc(CN2CCCC2)cc1. The van der Waals surface area contributed by atoms with Crippen LogP contribution in [0.3, 0.4) is 0 Å². The first-order chi connectivity index (χ1) is 10.2. The summed E-state index contributed by atoms with van der Waals surface area (Å²) in [7, 11) is 1.86. The molecule has 0 aliphatic carbocycles. The number of nitrogens with one attached hydrogen (secondary N) is 2. The van der Waals surface area contributed by atoms with Crippen LogP contribution in [0, 0.1) is 5.92 Å². The molecule has 1 unspecified atom stereocenters. The zero-order valence-electron chi connectivity index (χ0n) is 13.2. The maximum Gasteiger partial charge on any atom is 0.224 e. The van der Waals surface area contributed by atoms with E-state index >= 15 is 0 Å². The van der Waals surface area contributed by atoms with Crippen LogP contribution in [0.25, 0.3) is 0 Å². The normalized spacial score (nSPS) is 16.9. The van der Waals surface area contributed by atoms with Crippen LogP contribution in [-0.2, 0) is 17.9 Å². The number of nitrogens with zero attached hydrogens (tertiary/aromatic N) is 1. The first-order valence-electron chi connectivity index (χ1n) is 7.91. The number of rotatable bonds is 7. The largest absolute Gasteiger partial charge is 0.352 e. The van der Waals surface area contributed by atoms with Gasteiger partial charge >= 0.3 is 0 Å². The van der Waals surface area contributed by atoms with E-state index in [1.54, 1.807) is 0 Å². The second kappa shape index (κ2) is 8.15. The molecule has 1 saturated heterocycles. The molecule has 2 N–H and O–H groups in total. The van der Waals surface area contributed by atoms with E-state index in [1.165, 1.54) is 31.5 Å². The Morgan fingerprint density at radius 1 is 1.19 bits per heavy atom. The lowest BCUT2D eigenvalue weighted by molar-refractivity contribution is -0.124. The van der Waals surface area contributed by atoms with Crippen molar-refractivity contribution in [3.63, 3.8) is 0 Å². The molecule has 0 bridgehead atoms. The molecule has 0 radical (unpaired) electrons. The topological polar surface area (TPSA) is 44.4 Å². The summed E-state index contributed by atoms with van der Waals surface area (Å²) >= 11 is 0. The van der Waals surface area contributed by atoms with Crippen LogP contribution in [0.4, 0.5) is 0 Å². The minimum absolute atomic E-state index is 0.00411. The summed E-state index contributed by atoms with van der Waals surface area (Å²) in [6, 6.07) is 8.59. The van der Waals surface area contributed by atoms with E-state index in [-0.39, 0.29) is 11.8 Å². The highest BCUT2D eigenvalue weighted by atomic mass is 16.1. The lowest BCUT2D eigenvalue weighted by atomic mass is 10.1. The van der Waals surface area contributed by atoms with Crippen molar-refractivity contribution in [2.75, 3.05) is 26.7 Å². The smallest absolute Gasteiger partial charge is 0.224 e. The van der Waals surface area contributed by atoms with Crippen molar-refractivity contribution in [1.82, 2.24) is 15.5 Å². The van der Waals surface area contributed by atoms with E-state index in [4.69, 9.17) is 0 Å². The summed E-state index contributed by atoms with van der Waals surface area (Å²) in [5, 5.41) is 6.01. The zero-order chi connectivity index (χ0) is 15.1. The van der Waals surface area contributed by atoms with Gasteiger partial charge in [-0.2, -0.15) is 0 Å². The van der Waals surface area contributed by atoms with Gasteiger partial charge in [0, 0.05) is 25.6 Å². The monoisotopic (exact) mass is 289 g/mol. The number of benzene rings is 1. The molecule has 1 aromatic carbocycles. The fraction of sp³-hybridized carbons (Fsp3) is 0.588. The van der Waals surface area contributed by atoms with Crippen molar-refractivity contribution in [2.24, 2.45) is 5.92 Å². The summed E-state index contributed by atoms with van der Waals surface area (Å²) in [5.41, 5.74) is 2.51.